The second-order valence-corrected chi connectivity index (χ2v) is 12.4. The van der Waals surface area contributed by atoms with Gasteiger partial charge in [-0.25, -0.2) is 0 Å². The van der Waals surface area contributed by atoms with E-state index in [1.165, 1.54) is 0 Å². The molecule has 0 aliphatic carbocycles. The largest absolute Gasteiger partial charge is 0.496 e. The van der Waals surface area contributed by atoms with Crippen molar-refractivity contribution in [2.24, 2.45) is 0 Å². The molecule has 22 heavy (non-hydrogen) atoms. The normalized spacial score (nSPS) is 18.0. The number of ether oxygens (including phenoxy) is 2. The quantitative estimate of drug-likeness (QED) is 0.843. The van der Waals surface area contributed by atoms with E-state index in [1.54, 1.807) is 7.11 Å². The second kappa shape index (κ2) is 5.96. The highest BCUT2D eigenvalue weighted by Crippen LogP contribution is 2.38. The van der Waals surface area contributed by atoms with Gasteiger partial charge in [0.25, 0.3) is 0 Å². The number of benzene rings is 1. The van der Waals surface area contributed by atoms with Crippen LogP contribution in [-0.2, 0) is 21.4 Å². The van der Waals surface area contributed by atoms with Gasteiger partial charge in [-0.3, -0.25) is 0 Å². The van der Waals surface area contributed by atoms with Gasteiger partial charge in [-0.15, -0.1) is 0 Å². The van der Waals surface area contributed by atoms with E-state index in [2.05, 4.69) is 33.9 Å². The third-order valence-electron chi connectivity index (χ3n) is 4.90. The SMILES string of the molecule is COc1cc(C2(O)COC2)ccc1CO[Si](C)(C)C(C)(C)C. The molecule has 1 saturated heterocycles. The Labute approximate surface area is 134 Å². The van der Waals surface area contributed by atoms with E-state index >= 15 is 0 Å². The number of methoxy groups -OCH3 is 1. The predicted octanol–water partition coefficient (Wildman–Crippen LogP) is 3.43. The van der Waals surface area contributed by atoms with E-state index in [1.807, 2.05) is 18.2 Å². The van der Waals surface area contributed by atoms with Crippen LogP contribution in [0.3, 0.4) is 0 Å². The summed E-state index contributed by atoms with van der Waals surface area (Å²) in [5.74, 6) is 0.761. The molecular formula is C17H28O4Si. The fourth-order valence-electron chi connectivity index (χ4n) is 2.09. The van der Waals surface area contributed by atoms with Gasteiger partial charge in [0.15, 0.2) is 8.32 Å². The predicted molar refractivity (Wildman–Crippen MR) is 89.7 cm³/mol. The fourth-order valence-corrected chi connectivity index (χ4v) is 3.04. The van der Waals surface area contributed by atoms with Gasteiger partial charge in [0, 0.05) is 5.56 Å². The van der Waals surface area contributed by atoms with Gasteiger partial charge in [0.2, 0.25) is 0 Å². The summed E-state index contributed by atoms with van der Waals surface area (Å²) in [6.07, 6.45) is 0. The van der Waals surface area contributed by atoms with Crippen LogP contribution in [0.5, 0.6) is 5.75 Å². The van der Waals surface area contributed by atoms with Crippen LogP contribution in [0.15, 0.2) is 18.2 Å². The first-order valence-electron chi connectivity index (χ1n) is 7.70. The molecule has 1 aliphatic heterocycles. The van der Waals surface area contributed by atoms with Crippen LogP contribution < -0.4 is 4.74 Å². The van der Waals surface area contributed by atoms with Crippen molar-refractivity contribution < 1.29 is 19.0 Å². The van der Waals surface area contributed by atoms with Crippen LogP contribution in [0.25, 0.3) is 0 Å². The summed E-state index contributed by atoms with van der Waals surface area (Å²) < 4.78 is 16.9. The summed E-state index contributed by atoms with van der Waals surface area (Å²) in [6.45, 7) is 12.4. The van der Waals surface area contributed by atoms with Crippen molar-refractivity contribution >= 4 is 8.32 Å². The summed E-state index contributed by atoms with van der Waals surface area (Å²) in [7, 11) is -0.145. The molecule has 0 amide bonds. The summed E-state index contributed by atoms with van der Waals surface area (Å²) in [6, 6.07) is 5.82. The maximum Gasteiger partial charge on any atom is 0.192 e. The first-order chi connectivity index (χ1) is 10.1. The standard InChI is InChI=1S/C17H28O4Si/c1-16(2,3)22(5,6)21-10-13-7-8-14(9-15(13)19-4)17(18)11-20-12-17/h7-9,18H,10-12H2,1-6H3. The molecular weight excluding hydrogens is 296 g/mol. The highest BCUT2D eigenvalue weighted by Gasteiger charge is 2.39. The van der Waals surface area contributed by atoms with Crippen molar-refractivity contribution in [3.63, 3.8) is 0 Å². The first-order valence-corrected chi connectivity index (χ1v) is 10.6. The van der Waals surface area contributed by atoms with E-state index in [4.69, 9.17) is 13.9 Å². The van der Waals surface area contributed by atoms with Crippen LogP contribution in [0, 0.1) is 0 Å². The molecule has 1 fully saturated rings. The minimum absolute atomic E-state index is 0.179. The maximum atomic E-state index is 10.4. The molecule has 1 heterocycles. The van der Waals surface area contributed by atoms with Crippen LogP contribution in [0.1, 0.15) is 31.9 Å². The topological polar surface area (TPSA) is 47.9 Å². The third kappa shape index (κ3) is 3.38. The summed E-state index contributed by atoms with van der Waals surface area (Å²) in [5.41, 5.74) is 0.984. The Morgan fingerprint density at radius 3 is 2.36 bits per heavy atom. The molecule has 1 N–H and O–H groups in total. The molecule has 0 bridgehead atoms. The molecule has 0 radical (unpaired) electrons. The van der Waals surface area contributed by atoms with Crippen molar-refractivity contribution in [3.05, 3.63) is 29.3 Å². The molecule has 5 heteroatoms. The lowest BCUT2D eigenvalue weighted by atomic mass is 9.91. The Morgan fingerprint density at radius 1 is 1.27 bits per heavy atom. The molecule has 0 aromatic heterocycles. The molecule has 4 nitrogen and oxygen atoms in total. The summed E-state index contributed by atoms with van der Waals surface area (Å²) in [4.78, 5) is 0. The number of hydrogen-bond acceptors (Lipinski definition) is 4. The Morgan fingerprint density at radius 2 is 1.91 bits per heavy atom. The Bertz CT molecular complexity index is 530. The molecule has 0 saturated carbocycles. The molecule has 1 aromatic carbocycles. The molecule has 1 aliphatic rings. The lowest BCUT2D eigenvalue weighted by Gasteiger charge is -2.37. The van der Waals surface area contributed by atoms with Gasteiger partial charge in [0.1, 0.15) is 11.4 Å². The van der Waals surface area contributed by atoms with Gasteiger partial charge in [-0.1, -0.05) is 32.9 Å². The van der Waals surface area contributed by atoms with Crippen molar-refractivity contribution in [1.82, 2.24) is 0 Å². The zero-order valence-corrected chi connectivity index (χ0v) is 15.5. The van der Waals surface area contributed by atoms with Gasteiger partial charge >= 0.3 is 0 Å². The second-order valence-electron chi connectivity index (χ2n) is 7.60. The summed E-state index contributed by atoms with van der Waals surface area (Å²) in [5, 5.41) is 10.5. The number of aliphatic hydroxyl groups is 1. The maximum absolute atomic E-state index is 10.4. The van der Waals surface area contributed by atoms with E-state index in [-0.39, 0.29) is 5.04 Å². The van der Waals surface area contributed by atoms with Crippen molar-refractivity contribution in [1.29, 1.82) is 0 Å². The Kier molecular flexibility index (Phi) is 4.73. The minimum Gasteiger partial charge on any atom is -0.496 e. The molecule has 2 rings (SSSR count). The third-order valence-corrected chi connectivity index (χ3v) is 9.38. The minimum atomic E-state index is -1.79. The van der Waals surface area contributed by atoms with Crippen LogP contribution in [-0.4, -0.2) is 33.7 Å². The van der Waals surface area contributed by atoms with Gasteiger partial charge in [0.05, 0.1) is 26.9 Å². The zero-order chi connectivity index (χ0) is 16.6. The smallest absolute Gasteiger partial charge is 0.192 e. The lowest BCUT2D eigenvalue weighted by Crippen LogP contribution is -2.46. The van der Waals surface area contributed by atoms with Crippen LogP contribution in [0.2, 0.25) is 18.1 Å². The Balaban J connectivity index is 2.15. The van der Waals surface area contributed by atoms with Gasteiger partial charge in [-0.2, -0.15) is 0 Å². The van der Waals surface area contributed by atoms with Crippen LogP contribution in [0.4, 0.5) is 0 Å². The average molecular weight is 324 g/mol. The van der Waals surface area contributed by atoms with E-state index < -0.39 is 13.9 Å². The van der Waals surface area contributed by atoms with Crippen LogP contribution >= 0.6 is 0 Å². The zero-order valence-electron chi connectivity index (χ0n) is 14.5. The number of rotatable bonds is 5. The van der Waals surface area contributed by atoms with E-state index in [9.17, 15) is 5.11 Å². The Hall–Kier alpha value is -0.883. The molecule has 0 atom stereocenters. The lowest BCUT2D eigenvalue weighted by molar-refractivity contribution is -0.184. The van der Waals surface area contributed by atoms with E-state index in [0.29, 0.717) is 19.8 Å². The number of hydrogen-bond donors (Lipinski definition) is 1. The van der Waals surface area contributed by atoms with Gasteiger partial charge < -0.3 is 19.0 Å². The highest BCUT2D eigenvalue weighted by atomic mass is 28.4. The molecule has 0 unspecified atom stereocenters. The molecule has 124 valence electrons. The van der Waals surface area contributed by atoms with Crippen molar-refractivity contribution in [2.75, 3.05) is 20.3 Å². The van der Waals surface area contributed by atoms with Gasteiger partial charge in [-0.05, 0) is 29.8 Å². The molecule has 0 spiro atoms. The first kappa shape index (κ1) is 17.5. The van der Waals surface area contributed by atoms with E-state index in [0.717, 1.165) is 16.9 Å². The monoisotopic (exact) mass is 324 g/mol. The highest BCUT2D eigenvalue weighted by molar-refractivity contribution is 6.74. The average Bonchev–Trinajstić information content (AvgIpc) is 2.41. The fraction of sp³-hybridized carbons (Fsp3) is 0.647. The summed E-state index contributed by atoms with van der Waals surface area (Å²) >= 11 is 0. The van der Waals surface area contributed by atoms with Crippen molar-refractivity contribution in [3.8, 4) is 5.75 Å². The molecule has 1 aromatic rings. The van der Waals surface area contributed by atoms with Crippen molar-refractivity contribution in [2.45, 2.75) is 51.1 Å².